The Bertz CT molecular complexity index is 1160. The van der Waals surface area contributed by atoms with Crippen molar-refractivity contribution < 1.29 is 22.0 Å². The van der Waals surface area contributed by atoms with Crippen molar-refractivity contribution in [1.82, 2.24) is 9.97 Å². The number of nitrogens with zero attached hydrogens (tertiary/aromatic N) is 3. The van der Waals surface area contributed by atoms with Crippen molar-refractivity contribution >= 4 is 27.3 Å². The summed E-state index contributed by atoms with van der Waals surface area (Å²) in [4.78, 5) is 24.4. The SMILES string of the molecule is Cc1cnc(C(=O)Nc2cc(F)c(F)c([C@]3(C)CS(=O)(=O)C(C)(C)C(N)=N3)c2)cn1. The summed E-state index contributed by atoms with van der Waals surface area (Å²) in [6, 6.07) is 1.93. The Morgan fingerprint density at radius 2 is 1.83 bits per heavy atom. The van der Waals surface area contributed by atoms with Gasteiger partial charge >= 0.3 is 0 Å². The molecule has 1 aliphatic heterocycles. The molecule has 0 spiro atoms. The Morgan fingerprint density at radius 1 is 1.17 bits per heavy atom. The van der Waals surface area contributed by atoms with E-state index in [4.69, 9.17) is 5.73 Å². The fourth-order valence-electron chi connectivity index (χ4n) is 3.04. The van der Waals surface area contributed by atoms with Gasteiger partial charge in [-0.1, -0.05) is 0 Å². The first-order valence-corrected chi connectivity index (χ1v) is 10.6. The summed E-state index contributed by atoms with van der Waals surface area (Å²) in [5.74, 6) is -4.01. The summed E-state index contributed by atoms with van der Waals surface area (Å²) in [5, 5.41) is 2.41. The number of carbonyl (C=O) groups is 1. The minimum absolute atomic E-state index is 0.0256. The number of halogens is 2. The third-order valence-corrected chi connectivity index (χ3v) is 7.82. The summed E-state index contributed by atoms with van der Waals surface area (Å²) in [6.07, 6.45) is 2.63. The molecule has 3 N–H and O–H groups in total. The molecule has 0 saturated heterocycles. The van der Waals surface area contributed by atoms with Crippen LogP contribution in [-0.2, 0) is 15.4 Å². The fraction of sp³-hybridized carbons (Fsp3) is 0.368. The predicted octanol–water partition coefficient (Wildman–Crippen LogP) is 2.09. The molecule has 2 aromatic rings. The second kappa shape index (κ2) is 7.08. The number of aromatic nitrogens is 2. The number of nitrogens with one attached hydrogen (secondary N) is 1. The van der Waals surface area contributed by atoms with Gasteiger partial charge in [0.2, 0.25) is 0 Å². The number of aryl methyl sites for hydroxylation is 1. The third kappa shape index (κ3) is 3.64. The van der Waals surface area contributed by atoms with E-state index in [2.05, 4.69) is 20.3 Å². The molecule has 0 unspecified atom stereocenters. The normalized spacial score (nSPS) is 22.3. The van der Waals surface area contributed by atoms with Gasteiger partial charge in [-0.15, -0.1) is 0 Å². The first-order chi connectivity index (χ1) is 13.8. The van der Waals surface area contributed by atoms with E-state index >= 15 is 0 Å². The molecular weight excluding hydrogens is 416 g/mol. The minimum Gasteiger partial charge on any atom is -0.386 e. The number of sulfone groups is 1. The molecule has 0 aliphatic carbocycles. The van der Waals surface area contributed by atoms with Crippen LogP contribution in [-0.4, -0.2) is 40.6 Å². The number of hydrogen-bond acceptors (Lipinski definition) is 7. The standard InChI is InChI=1S/C19H21F2N5O3S/c1-10-7-24-14(8-23-10)16(27)25-11-5-12(15(21)13(20)6-11)19(4)9-30(28,29)18(2,3)17(22)26-19/h5-8H,9H2,1-4H3,(H2,22,26)(H,25,27)/t19-/m0/s1. The van der Waals surface area contributed by atoms with Gasteiger partial charge in [0, 0.05) is 23.5 Å². The zero-order valence-corrected chi connectivity index (χ0v) is 17.6. The van der Waals surface area contributed by atoms with Crippen LogP contribution in [0.15, 0.2) is 29.5 Å². The number of amides is 1. The van der Waals surface area contributed by atoms with Crippen LogP contribution in [0.3, 0.4) is 0 Å². The van der Waals surface area contributed by atoms with Crippen LogP contribution in [0.2, 0.25) is 0 Å². The van der Waals surface area contributed by atoms with Gasteiger partial charge in [0.05, 0.1) is 17.6 Å². The van der Waals surface area contributed by atoms with E-state index in [9.17, 15) is 22.0 Å². The third-order valence-electron chi connectivity index (χ3n) is 5.11. The Hall–Kier alpha value is -2.95. The van der Waals surface area contributed by atoms with E-state index in [0.29, 0.717) is 5.69 Å². The number of hydrogen-bond donors (Lipinski definition) is 2. The van der Waals surface area contributed by atoms with Gasteiger partial charge in [-0.3, -0.25) is 14.8 Å². The zero-order valence-electron chi connectivity index (χ0n) is 16.8. The molecule has 3 rings (SSSR count). The lowest BCUT2D eigenvalue weighted by Crippen LogP contribution is -2.55. The molecule has 2 heterocycles. The molecule has 1 atom stereocenters. The predicted molar refractivity (Wildman–Crippen MR) is 108 cm³/mol. The molecule has 0 fully saturated rings. The highest BCUT2D eigenvalue weighted by atomic mass is 32.2. The zero-order chi connectivity index (χ0) is 22.5. The summed E-state index contributed by atoms with van der Waals surface area (Å²) in [5.41, 5.74) is 4.34. The van der Waals surface area contributed by atoms with E-state index in [-0.39, 0.29) is 22.8 Å². The smallest absolute Gasteiger partial charge is 0.275 e. The first-order valence-electron chi connectivity index (χ1n) is 8.94. The lowest BCUT2D eigenvalue weighted by molar-refractivity contribution is 0.102. The van der Waals surface area contributed by atoms with Crippen molar-refractivity contribution in [2.75, 3.05) is 11.1 Å². The number of aliphatic imine (C=N–C) groups is 1. The average molecular weight is 437 g/mol. The topological polar surface area (TPSA) is 127 Å². The maximum atomic E-state index is 14.7. The maximum Gasteiger partial charge on any atom is 0.275 e. The van der Waals surface area contributed by atoms with E-state index in [1.807, 2.05) is 0 Å². The van der Waals surface area contributed by atoms with Gasteiger partial charge < -0.3 is 11.1 Å². The second-order valence-electron chi connectivity index (χ2n) is 7.86. The monoisotopic (exact) mass is 437 g/mol. The summed E-state index contributed by atoms with van der Waals surface area (Å²) >= 11 is 0. The van der Waals surface area contributed by atoms with Crippen molar-refractivity contribution in [3.05, 3.63) is 53.1 Å². The Kier molecular flexibility index (Phi) is 5.13. The fourth-order valence-corrected chi connectivity index (χ4v) is 4.72. The van der Waals surface area contributed by atoms with E-state index in [1.54, 1.807) is 6.92 Å². The largest absolute Gasteiger partial charge is 0.386 e. The first kappa shape index (κ1) is 21.8. The number of rotatable bonds is 3. The van der Waals surface area contributed by atoms with Crippen LogP contribution in [0, 0.1) is 18.6 Å². The molecule has 0 radical (unpaired) electrons. The van der Waals surface area contributed by atoms with Crippen molar-refractivity contribution in [3.63, 3.8) is 0 Å². The molecule has 1 aromatic carbocycles. The van der Waals surface area contributed by atoms with Crippen molar-refractivity contribution in [3.8, 4) is 0 Å². The van der Waals surface area contributed by atoms with Crippen LogP contribution in [0.25, 0.3) is 0 Å². The number of benzene rings is 1. The number of amidine groups is 1. The Labute approximate surface area is 172 Å². The van der Waals surface area contributed by atoms with Crippen LogP contribution in [0.5, 0.6) is 0 Å². The van der Waals surface area contributed by atoms with Crippen LogP contribution >= 0.6 is 0 Å². The van der Waals surface area contributed by atoms with Gasteiger partial charge in [0.1, 0.15) is 21.8 Å². The molecule has 0 bridgehead atoms. The molecule has 1 amide bonds. The Morgan fingerprint density at radius 3 is 2.40 bits per heavy atom. The van der Waals surface area contributed by atoms with Crippen LogP contribution in [0.1, 0.15) is 42.5 Å². The van der Waals surface area contributed by atoms with Gasteiger partial charge in [-0.25, -0.2) is 22.2 Å². The van der Waals surface area contributed by atoms with E-state index < -0.39 is 43.4 Å². The number of anilines is 1. The quantitative estimate of drug-likeness (QED) is 0.757. The van der Waals surface area contributed by atoms with Crippen molar-refractivity contribution in [2.24, 2.45) is 10.7 Å². The van der Waals surface area contributed by atoms with Gasteiger partial charge in [0.15, 0.2) is 21.5 Å². The molecule has 30 heavy (non-hydrogen) atoms. The van der Waals surface area contributed by atoms with Crippen molar-refractivity contribution in [1.29, 1.82) is 0 Å². The molecule has 8 nitrogen and oxygen atoms in total. The summed E-state index contributed by atoms with van der Waals surface area (Å²) < 4.78 is 53.0. The van der Waals surface area contributed by atoms with Crippen LogP contribution in [0.4, 0.5) is 14.5 Å². The Balaban J connectivity index is 2.05. The number of carbonyl (C=O) groups excluding carboxylic acids is 1. The second-order valence-corrected chi connectivity index (χ2v) is 10.4. The molecule has 1 aliphatic rings. The van der Waals surface area contributed by atoms with E-state index in [0.717, 1.165) is 12.1 Å². The minimum atomic E-state index is -3.83. The molecular formula is C19H21F2N5O3S. The van der Waals surface area contributed by atoms with E-state index in [1.165, 1.54) is 33.2 Å². The van der Waals surface area contributed by atoms with Crippen LogP contribution < -0.4 is 11.1 Å². The highest BCUT2D eigenvalue weighted by Gasteiger charge is 2.49. The lowest BCUT2D eigenvalue weighted by atomic mass is 9.92. The average Bonchev–Trinajstić information content (AvgIpc) is 2.63. The van der Waals surface area contributed by atoms with Gasteiger partial charge in [0.25, 0.3) is 5.91 Å². The summed E-state index contributed by atoms with van der Waals surface area (Å²) in [6.45, 7) is 5.85. The molecule has 160 valence electrons. The molecule has 0 saturated carbocycles. The molecule has 1 aromatic heterocycles. The van der Waals surface area contributed by atoms with Gasteiger partial charge in [-0.2, -0.15) is 0 Å². The molecule has 11 heteroatoms. The van der Waals surface area contributed by atoms with Gasteiger partial charge in [-0.05, 0) is 33.8 Å². The maximum absolute atomic E-state index is 14.7. The highest BCUT2D eigenvalue weighted by molar-refractivity contribution is 7.93. The summed E-state index contributed by atoms with van der Waals surface area (Å²) in [7, 11) is -3.83. The number of nitrogens with two attached hydrogens (primary N) is 1. The highest BCUT2D eigenvalue weighted by Crippen LogP contribution is 2.39. The lowest BCUT2D eigenvalue weighted by Gasteiger charge is -2.38. The van der Waals surface area contributed by atoms with Crippen molar-refractivity contribution in [2.45, 2.75) is 38.0 Å².